The zero-order valence-electron chi connectivity index (χ0n) is 16.1. The standard InChI is InChI=1S/C20H24N4O2S2/c1-4-18-13-21-20(27-18)22-17-9-7-16(8-10-17)15(3)23-24-28(25,26)19-11-5-14(2)6-12-19/h5-12,18,24H,4,13H2,1-3H3,(H,21,22)/b23-15-/t18-/m0/s1. The van der Waals surface area contributed by atoms with Crippen molar-refractivity contribution in [2.45, 2.75) is 37.3 Å². The largest absolute Gasteiger partial charge is 0.335 e. The van der Waals surface area contributed by atoms with E-state index in [1.807, 2.05) is 31.2 Å². The first-order valence-electron chi connectivity index (χ1n) is 9.08. The number of rotatable bonds is 6. The summed E-state index contributed by atoms with van der Waals surface area (Å²) in [7, 11) is -3.68. The Morgan fingerprint density at radius 1 is 1.18 bits per heavy atom. The Bertz CT molecular complexity index is 982. The molecule has 2 aromatic rings. The van der Waals surface area contributed by atoms with Crippen molar-refractivity contribution in [2.24, 2.45) is 10.1 Å². The van der Waals surface area contributed by atoms with Crippen molar-refractivity contribution in [3.05, 3.63) is 59.7 Å². The van der Waals surface area contributed by atoms with E-state index in [0.717, 1.165) is 34.9 Å². The number of aliphatic imine (C=N–C) groups is 1. The summed E-state index contributed by atoms with van der Waals surface area (Å²) in [6, 6.07) is 14.3. The highest BCUT2D eigenvalue weighted by atomic mass is 32.2. The van der Waals surface area contributed by atoms with Gasteiger partial charge in [0.15, 0.2) is 5.17 Å². The summed E-state index contributed by atoms with van der Waals surface area (Å²) >= 11 is 1.76. The first kappa shape index (κ1) is 20.4. The van der Waals surface area contributed by atoms with Crippen LogP contribution in [0.25, 0.3) is 0 Å². The van der Waals surface area contributed by atoms with Crippen LogP contribution in [-0.4, -0.2) is 31.1 Å². The third-order valence-electron chi connectivity index (χ3n) is 4.39. The first-order chi connectivity index (χ1) is 13.4. The lowest BCUT2D eigenvalue weighted by Crippen LogP contribution is -2.20. The van der Waals surface area contributed by atoms with Crippen molar-refractivity contribution in [1.29, 1.82) is 0 Å². The molecule has 0 saturated heterocycles. The van der Waals surface area contributed by atoms with Crippen molar-refractivity contribution < 1.29 is 8.42 Å². The van der Waals surface area contributed by atoms with Crippen LogP contribution in [0.4, 0.5) is 5.69 Å². The van der Waals surface area contributed by atoms with Crippen LogP contribution >= 0.6 is 11.8 Å². The van der Waals surface area contributed by atoms with E-state index in [0.29, 0.717) is 11.0 Å². The molecule has 8 heteroatoms. The molecule has 0 radical (unpaired) electrons. The van der Waals surface area contributed by atoms with E-state index in [-0.39, 0.29) is 4.90 Å². The average Bonchev–Trinajstić information content (AvgIpc) is 3.15. The molecule has 0 fully saturated rings. The van der Waals surface area contributed by atoms with Crippen LogP contribution in [0.5, 0.6) is 0 Å². The van der Waals surface area contributed by atoms with Gasteiger partial charge >= 0.3 is 0 Å². The lowest BCUT2D eigenvalue weighted by atomic mass is 10.1. The van der Waals surface area contributed by atoms with E-state index in [4.69, 9.17) is 0 Å². The quantitative estimate of drug-likeness (QED) is 0.551. The number of hydrogen-bond donors (Lipinski definition) is 2. The Morgan fingerprint density at radius 2 is 1.86 bits per heavy atom. The molecule has 1 atom stereocenters. The highest BCUT2D eigenvalue weighted by Gasteiger charge is 2.17. The zero-order chi connectivity index (χ0) is 20.1. The lowest BCUT2D eigenvalue weighted by molar-refractivity contribution is 0.584. The van der Waals surface area contributed by atoms with Gasteiger partial charge in [0.2, 0.25) is 0 Å². The second-order valence-electron chi connectivity index (χ2n) is 6.60. The van der Waals surface area contributed by atoms with Gasteiger partial charge in [-0.2, -0.15) is 18.4 Å². The number of hydrogen-bond acceptors (Lipinski definition) is 6. The summed E-state index contributed by atoms with van der Waals surface area (Å²) < 4.78 is 24.7. The van der Waals surface area contributed by atoms with Crippen molar-refractivity contribution in [3.8, 4) is 0 Å². The molecule has 0 bridgehead atoms. The normalized spacial score (nSPS) is 17.3. The maximum Gasteiger partial charge on any atom is 0.276 e. The average molecular weight is 417 g/mol. The van der Waals surface area contributed by atoms with Crippen LogP contribution in [0.1, 0.15) is 31.4 Å². The van der Waals surface area contributed by atoms with Crippen molar-refractivity contribution in [3.63, 3.8) is 0 Å². The van der Waals surface area contributed by atoms with Gasteiger partial charge < -0.3 is 5.32 Å². The molecule has 0 aliphatic carbocycles. The lowest BCUT2D eigenvalue weighted by Gasteiger charge is -2.09. The van der Waals surface area contributed by atoms with Gasteiger partial charge in [-0.3, -0.25) is 4.99 Å². The smallest absolute Gasteiger partial charge is 0.276 e. The van der Waals surface area contributed by atoms with Gasteiger partial charge in [0, 0.05) is 10.9 Å². The fourth-order valence-corrected chi connectivity index (χ4v) is 4.39. The predicted octanol–water partition coefficient (Wildman–Crippen LogP) is 3.99. The molecule has 0 amide bonds. The van der Waals surface area contributed by atoms with Crippen molar-refractivity contribution in [2.75, 3.05) is 11.9 Å². The third-order valence-corrected chi connectivity index (χ3v) is 6.89. The molecule has 148 valence electrons. The Labute approximate surface area is 170 Å². The molecular weight excluding hydrogens is 392 g/mol. The van der Waals surface area contributed by atoms with Gasteiger partial charge in [-0.15, -0.1) is 0 Å². The van der Waals surface area contributed by atoms with Crippen LogP contribution < -0.4 is 10.1 Å². The number of aryl methyl sites for hydroxylation is 1. The molecule has 6 nitrogen and oxygen atoms in total. The topological polar surface area (TPSA) is 82.9 Å². The fourth-order valence-electron chi connectivity index (χ4n) is 2.58. The van der Waals surface area contributed by atoms with Crippen LogP contribution in [0.15, 0.2) is 63.5 Å². The molecule has 2 aromatic carbocycles. The molecule has 0 aromatic heterocycles. The van der Waals surface area contributed by atoms with Crippen LogP contribution in [-0.2, 0) is 10.0 Å². The van der Waals surface area contributed by atoms with Gasteiger partial charge in [-0.25, -0.2) is 0 Å². The van der Waals surface area contributed by atoms with Crippen LogP contribution in [0.2, 0.25) is 0 Å². The van der Waals surface area contributed by atoms with E-state index in [9.17, 15) is 8.42 Å². The molecular formula is C20H24N4O2S2. The molecule has 3 rings (SSSR count). The number of nitrogens with one attached hydrogen (secondary N) is 2. The van der Waals surface area contributed by atoms with Gasteiger partial charge in [0.05, 0.1) is 17.2 Å². The van der Waals surface area contributed by atoms with Gasteiger partial charge in [0.1, 0.15) is 0 Å². The summed E-state index contributed by atoms with van der Waals surface area (Å²) in [5.41, 5.74) is 3.37. The number of anilines is 1. The van der Waals surface area contributed by atoms with E-state index < -0.39 is 10.0 Å². The Hall–Kier alpha value is -2.32. The van der Waals surface area contributed by atoms with Gasteiger partial charge in [-0.1, -0.05) is 48.5 Å². The fraction of sp³-hybridized carbons (Fsp3) is 0.300. The number of thioether (sulfide) groups is 1. The SMILES string of the molecule is CC[C@H]1CN=C(Nc2ccc(/C(C)=N\NS(=O)(=O)c3ccc(C)cc3)cc2)S1. The molecule has 2 N–H and O–H groups in total. The summed E-state index contributed by atoms with van der Waals surface area (Å²) in [5.74, 6) is 0. The Morgan fingerprint density at radius 3 is 2.46 bits per heavy atom. The number of hydrazone groups is 1. The number of sulfonamides is 1. The maximum atomic E-state index is 12.3. The summed E-state index contributed by atoms with van der Waals surface area (Å²) in [4.78, 5) is 6.99. The monoisotopic (exact) mass is 416 g/mol. The van der Waals surface area contributed by atoms with Gasteiger partial charge in [-0.05, 0) is 50.1 Å². The number of amidine groups is 1. The summed E-state index contributed by atoms with van der Waals surface area (Å²) in [6.45, 7) is 6.70. The zero-order valence-corrected chi connectivity index (χ0v) is 17.8. The molecule has 28 heavy (non-hydrogen) atoms. The Balaban J connectivity index is 1.64. The molecule has 1 aliphatic rings. The minimum Gasteiger partial charge on any atom is -0.335 e. The molecule has 0 spiro atoms. The highest BCUT2D eigenvalue weighted by Crippen LogP contribution is 2.24. The second-order valence-corrected chi connectivity index (χ2v) is 9.55. The minimum absolute atomic E-state index is 0.189. The van der Waals surface area contributed by atoms with Crippen LogP contribution in [0.3, 0.4) is 0 Å². The minimum atomic E-state index is -3.68. The molecule has 0 unspecified atom stereocenters. The first-order valence-corrected chi connectivity index (χ1v) is 11.4. The van der Waals surface area contributed by atoms with Crippen LogP contribution in [0, 0.1) is 6.92 Å². The number of nitrogens with zero attached hydrogens (tertiary/aromatic N) is 2. The van der Waals surface area contributed by atoms with E-state index >= 15 is 0 Å². The molecule has 0 saturated carbocycles. The molecule has 1 heterocycles. The summed E-state index contributed by atoms with van der Waals surface area (Å²) in [5, 5.41) is 8.86. The number of benzene rings is 2. The summed E-state index contributed by atoms with van der Waals surface area (Å²) in [6.07, 6.45) is 1.10. The van der Waals surface area contributed by atoms with Crippen molar-refractivity contribution >= 4 is 38.4 Å². The van der Waals surface area contributed by atoms with E-state index in [1.165, 1.54) is 0 Å². The Kier molecular flexibility index (Phi) is 6.41. The highest BCUT2D eigenvalue weighted by molar-refractivity contribution is 8.15. The third kappa shape index (κ3) is 5.14. The maximum absolute atomic E-state index is 12.3. The van der Waals surface area contributed by atoms with Gasteiger partial charge in [0.25, 0.3) is 10.0 Å². The van der Waals surface area contributed by atoms with E-state index in [2.05, 4.69) is 27.2 Å². The van der Waals surface area contributed by atoms with E-state index in [1.54, 1.807) is 43.0 Å². The van der Waals surface area contributed by atoms with Crippen molar-refractivity contribution in [1.82, 2.24) is 4.83 Å². The predicted molar refractivity (Wildman–Crippen MR) is 118 cm³/mol. The molecule has 1 aliphatic heterocycles. The second kappa shape index (κ2) is 8.79.